The van der Waals surface area contributed by atoms with E-state index in [1.165, 1.54) is 25.7 Å². The summed E-state index contributed by atoms with van der Waals surface area (Å²) in [7, 11) is 0. The van der Waals surface area contributed by atoms with E-state index in [9.17, 15) is 4.79 Å². The number of rotatable bonds is 3. The van der Waals surface area contributed by atoms with Crippen LogP contribution in [0.15, 0.2) is 30.3 Å². The van der Waals surface area contributed by atoms with E-state index < -0.39 is 6.04 Å². The van der Waals surface area contributed by atoms with Crippen molar-refractivity contribution in [2.75, 3.05) is 0 Å². The van der Waals surface area contributed by atoms with E-state index in [0.717, 1.165) is 12.0 Å². The van der Waals surface area contributed by atoms with Crippen LogP contribution >= 0.6 is 0 Å². The first-order valence-electron chi connectivity index (χ1n) is 7.29. The van der Waals surface area contributed by atoms with Gasteiger partial charge in [-0.05, 0) is 24.3 Å². The predicted molar refractivity (Wildman–Crippen MR) is 77.6 cm³/mol. The lowest BCUT2D eigenvalue weighted by Gasteiger charge is -2.24. The van der Waals surface area contributed by atoms with Gasteiger partial charge in [-0.25, -0.2) is 0 Å². The summed E-state index contributed by atoms with van der Waals surface area (Å²) in [5.74, 6) is 0.499. The lowest BCUT2D eigenvalue weighted by atomic mass is 9.96. The first kappa shape index (κ1) is 14.1. The SMILES string of the molecule is CC1CCCCCC1NC(=O)[C@H](N)c1ccccc1. The Bertz CT molecular complexity index is 404. The molecule has 1 saturated carbocycles. The highest BCUT2D eigenvalue weighted by Gasteiger charge is 2.24. The van der Waals surface area contributed by atoms with Crippen LogP contribution in [0.4, 0.5) is 0 Å². The average molecular weight is 260 g/mol. The highest BCUT2D eigenvalue weighted by atomic mass is 16.2. The second kappa shape index (κ2) is 6.71. The molecular weight excluding hydrogens is 236 g/mol. The van der Waals surface area contributed by atoms with E-state index in [-0.39, 0.29) is 11.9 Å². The van der Waals surface area contributed by atoms with E-state index in [0.29, 0.717) is 5.92 Å². The van der Waals surface area contributed by atoms with Crippen LogP contribution < -0.4 is 11.1 Å². The van der Waals surface area contributed by atoms with Crippen molar-refractivity contribution < 1.29 is 4.79 Å². The topological polar surface area (TPSA) is 55.1 Å². The molecule has 1 aliphatic rings. The Morgan fingerprint density at radius 2 is 1.89 bits per heavy atom. The number of benzene rings is 1. The molecule has 0 radical (unpaired) electrons. The van der Waals surface area contributed by atoms with Crippen LogP contribution in [0.2, 0.25) is 0 Å². The maximum atomic E-state index is 12.2. The van der Waals surface area contributed by atoms with Gasteiger partial charge in [-0.15, -0.1) is 0 Å². The van der Waals surface area contributed by atoms with Crippen molar-refractivity contribution in [1.29, 1.82) is 0 Å². The molecular formula is C16H24N2O. The van der Waals surface area contributed by atoms with Gasteiger partial charge in [-0.1, -0.05) is 56.5 Å². The van der Waals surface area contributed by atoms with Crippen molar-refractivity contribution in [2.24, 2.45) is 11.7 Å². The largest absolute Gasteiger partial charge is 0.351 e. The Kier molecular flexibility index (Phi) is 4.97. The highest BCUT2D eigenvalue weighted by Crippen LogP contribution is 2.23. The Hall–Kier alpha value is -1.35. The van der Waals surface area contributed by atoms with Crippen molar-refractivity contribution in [3.05, 3.63) is 35.9 Å². The molecule has 104 valence electrons. The molecule has 0 spiro atoms. The zero-order valence-electron chi connectivity index (χ0n) is 11.6. The van der Waals surface area contributed by atoms with Gasteiger partial charge in [0.25, 0.3) is 0 Å². The smallest absolute Gasteiger partial charge is 0.241 e. The van der Waals surface area contributed by atoms with Gasteiger partial charge < -0.3 is 11.1 Å². The molecule has 1 amide bonds. The Balaban J connectivity index is 1.96. The molecule has 3 N–H and O–H groups in total. The molecule has 0 bridgehead atoms. The van der Waals surface area contributed by atoms with E-state index in [2.05, 4.69) is 12.2 Å². The molecule has 1 fully saturated rings. The third kappa shape index (κ3) is 3.80. The minimum atomic E-state index is -0.559. The van der Waals surface area contributed by atoms with Crippen LogP contribution in [0.5, 0.6) is 0 Å². The summed E-state index contributed by atoms with van der Waals surface area (Å²) in [5.41, 5.74) is 6.90. The van der Waals surface area contributed by atoms with Crippen LogP contribution in [-0.2, 0) is 4.79 Å². The molecule has 3 atom stereocenters. The molecule has 3 heteroatoms. The van der Waals surface area contributed by atoms with Crippen molar-refractivity contribution >= 4 is 5.91 Å². The van der Waals surface area contributed by atoms with Gasteiger partial charge >= 0.3 is 0 Å². The highest BCUT2D eigenvalue weighted by molar-refractivity contribution is 5.83. The summed E-state index contributed by atoms with van der Waals surface area (Å²) >= 11 is 0. The predicted octanol–water partition coefficient (Wildman–Crippen LogP) is 2.77. The molecule has 0 heterocycles. The molecule has 0 aromatic heterocycles. The van der Waals surface area contributed by atoms with Gasteiger partial charge in [0.15, 0.2) is 0 Å². The van der Waals surface area contributed by atoms with Crippen molar-refractivity contribution in [3.63, 3.8) is 0 Å². The van der Waals surface area contributed by atoms with E-state index >= 15 is 0 Å². The Labute approximate surface area is 115 Å². The first-order chi connectivity index (χ1) is 9.18. The third-order valence-corrected chi connectivity index (χ3v) is 4.13. The van der Waals surface area contributed by atoms with Gasteiger partial charge in [-0.2, -0.15) is 0 Å². The quantitative estimate of drug-likeness (QED) is 0.821. The molecule has 0 saturated heterocycles. The molecule has 1 aromatic carbocycles. The summed E-state index contributed by atoms with van der Waals surface area (Å²) in [6.07, 6.45) is 6.04. The number of amides is 1. The normalized spacial score (nSPS) is 25.4. The van der Waals surface area contributed by atoms with Crippen LogP contribution in [0.25, 0.3) is 0 Å². The minimum absolute atomic E-state index is 0.0510. The maximum Gasteiger partial charge on any atom is 0.241 e. The molecule has 2 unspecified atom stereocenters. The average Bonchev–Trinajstić information content (AvgIpc) is 2.64. The second-order valence-electron chi connectivity index (χ2n) is 5.62. The number of carbonyl (C=O) groups excluding carboxylic acids is 1. The summed E-state index contributed by atoms with van der Waals surface area (Å²) < 4.78 is 0. The van der Waals surface area contributed by atoms with Crippen LogP contribution in [0, 0.1) is 5.92 Å². The van der Waals surface area contributed by atoms with Gasteiger partial charge in [0.05, 0.1) is 0 Å². The van der Waals surface area contributed by atoms with Crippen molar-refractivity contribution in [2.45, 2.75) is 51.1 Å². The van der Waals surface area contributed by atoms with E-state index in [1.54, 1.807) is 0 Å². The number of nitrogens with two attached hydrogens (primary N) is 1. The molecule has 19 heavy (non-hydrogen) atoms. The molecule has 3 nitrogen and oxygen atoms in total. The van der Waals surface area contributed by atoms with Gasteiger partial charge in [-0.3, -0.25) is 4.79 Å². The fourth-order valence-electron chi connectivity index (χ4n) is 2.79. The van der Waals surface area contributed by atoms with Crippen molar-refractivity contribution in [1.82, 2.24) is 5.32 Å². The zero-order chi connectivity index (χ0) is 13.7. The first-order valence-corrected chi connectivity index (χ1v) is 7.29. The third-order valence-electron chi connectivity index (χ3n) is 4.13. The molecule has 1 aliphatic carbocycles. The summed E-state index contributed by atoms with van der Waals surface area (Å²) in [4.78, 5) is 12.2. The van der Waals surface area contributed by atoms with E-state index in [1.807, 2.05) is 30.3 Å². The summed E-state index contributed by atoms with van der Waals surface area (Å²) in [5, 5.41) is 3.14. The van der Waals surface area contributed by atoms with Gasteiger partial charge in [0.2, 0.25) is 5.91 Å². The van der Waals surface area contributed by atoms with Crippen LogP contribution in [0.3, 0.4) is 0 Å². The maximum absolute atomic E-state index is 12.2. The Morgan fingerprint density at radius 1 is 1.21 bits per heavy atom. The van der Waals surface area contributed by atoms with Crippen molar-refractivity contribution in [3.8, 4) is 0 Å². The lowest BCUT2D eigenvalue weighted by molar-refractivity contribution is -0.123. The van der Waals surface area contributed by atoms with E-state index in [4.69, 9.17) is 5.73 Å². The van der Waals surface area contributed by atoms with Crippen LogP contribution in [-0.4, -0.2) is 11.9 Å². The number of nitrogens with one attached hydrogen (secondary N) is 1. The summed E-state index contributed by atoms with van der Waals surface area (Å²) in [6, 6.07) is 9.29. The molecule has 1 aromatic rings. The standard InChI is InChI=1S/C16H24N2O/c1-12-8-4-2-7-11-14(12)18-16(19)15(17)13-9-5-3-6-10-13/h3,5-6,9-10,12,14-15H,2,4,7-8,11,17H2,1H3,(H,18,19)/t12?,14?,15-/m1/s1. The minimum Gasteiger partial charge on any atom is -0.351 e. The van der Waals surface area contributed by atoms with Crippen LogP contribution in [0.1, 0.15) is 50.6 Å². The Morgan fingerprint density at radius 3 is 2.63 bits per heavy atom. The molecule has 0 aliphatic heterocycles. The summed E-state index contributed by atoms with van der Waals surface area (Å²) in [6.45, 7) is 2.23. The second-order valence-corrected chi connectivity index (χ2v) is 5.62. The monoisotopic (exact) mass is 260 g/mol. The number of carbonyl (C=O) groups is 1. The fourth-order valence-corrected chi connectivity index (χ4v) is 2.79. The lowest BCUT2D eigenvalue weighted by Crippen LogP contribution is -2.43. The van der Waals surface area contributed by atoms with Gasteiger partial charge in [0.1, 0.15) is 6.04 Å². The number of hydrogen-bond acceptors (Lipinski definition) is 2. The molecule has 2 rings (SSSR count). The fraction of sp³-hybridized carbons (Fsp3) is 0.562. The zero-order valence-corrected chi connectivity index (χ0v) is 11.6. The number of hydrogen-bond donors (Lipinski definition) is 2. The van der Waals surface area contributed by atoms with Gasteiger partial charge in [0, 0.05) is 6.04 Å².